The molecule has 0 amide bonds. The summed E-state index contributed by atoms with van der Waals surface area (Å²) in [6, 6.07) is 9.11. The number of nitrogens with two attached hydrogens (primary N) is 1. The van der Waals surface area contributed by atoms with Crippen LogP contribution < -0.4 is 10.5 Å². The van der Waals surface area contributed by atoms with E-state index in [9.17, 15) is 0 Å². The van der Waals surface area contributed by atoms with Gasteiger partial charge in [0.25, 0.3) is 0 Å². The Morgan fingerprint density at radius 3 is 2.70 bits per heavy atom. The molecule has 3 rings (SSSR count). The van der Waals surface area contributed by atoms with E-state index in [0.717, 1.165) is 24.3 Å². The smallest absolute Gasteiger partial charge is 0.118 e. The molecular weight excluding hydrogens is 248 g/mol. The highest BCUT2D eigenvalue weighted by Crippen LogP contribution is 2.36. The van der Waals surface area contributed by atoms with Gasteiger partial charge in [0.2, 0.25) is 0 Å². The summed E-state index contributed by atoms with van der Waals surface area (Å²) in [6.45, 7) is 2.23. The molecule has 1 aromatic rings. The van der Waals surface area contributed by atoms with Crippen molar-refractivity contribution in [1.82, 2.24) is 4.90 Å². The van der Waals surface area contributed by atoms with Gasteiger partial charge in [0, 0.05) is 18.6 Å². The molecule has 0 spiro atoms. The van der Waals surface area contributed by atoms with Crippen molar-refractivity contribution in [3.05, 3.63) is 29.8 Å². The van der Waals surface area contributed by atoms with E-state index in [1.54, 1.807) is 7.11 Å². The van der Waals surface area contributed by atoms with E-state index < -0.39 is 0 Å². The van der Waals surface area contributed by atoms with E-state index in [-0.39, 0.29) is 6.04 Å². The predicted molar refractivity (Wildman–Crippen MR) is 81.9 cm³/mol. The average Bonchev–Trinajstić information content (AvgIpc) is 2.91. The van der Waals surface area contributed by atoms with Crippen molar-refractivity contribution in [1.29, 1.82) is 0 Å². The van der Waals surface area contributed by atoms with Crippen LogP contribution in [0.15, 0.2) is 24.3 Å². The molecule has 1 heterocycles. The SMILES string of the molecule is COc1ccc(C(N)CN2CCC3CCCCC32)cc1. The second-order valence-corrected chi connectivity index (χ2v) is 6.28. The summed E-state index contributed by atoms with van der Waals surface area (Å²) >= 11 is 0. The molecule has 0 radical (unpaired) electrons. The normalized spacial score (nSPS) is 28.1. The molecule has 1 aromatic carbocycles. The van der Waals surface area contributed by atoms with Crippen molar-refractivity contribution in [2.45, 2.75) is 44.2 Å². The average molecular weight is 274 g/mol. The van der Waals surface area contributed by atoms with Crippen LogP contribution in [0, 0.1) is 5.92 Å². The number of hydrogen-bond acceptors (Lipinski definition) is 3. The van der Waals surface area contributed by atoms with Crippen LogP contribution in [-0.2, 0) is 0 Å². The lowest BCUT2D eigenvalue weighted by Crippen LogP contribution is -2.39. The monoisotopic (exact) mass is 274 g/mol. The van der Waals surface area contributed by atoms with Crippen molar-refractivity contribution in [3.8, 4) is 5.75 Å². The Labute approximate surface area is 122 Å². The van der Waals surface area contributed by atoms with E-state index in [4.69, 9.17) is 10.5 Å². The quantitative estimate of drug-likeness (QED) is 0.917. The predicted octanol–water partition coefficient (Wildman–Crippen LogP) is 2.96. The van der Waals surface area contributed by atoms with Gasteiger partial charge < -0.3 is 10.5 Å². The van der Waals surface area contributed by atoms with Crippen LogP contribution in [0.3, 0.4) is 0 Å². The van der Waals surface area contributed by atoms with Crippen molar-refractivity contribution in [3.63, 3.8) is 0 Å². The summed E-state index contributed by atoms with van der Waals surface area (Å²) < 4.78 is 5.20. The van der Waals surface area contributed by atoms with E-state index in [1.165, 1.54) is 44.2 Å². The van der Waals surface area contributed by atoms with Crippen molar-refractivity contribution in [2.75, 3.05) is 20.2 Å². The first-order valence-corrected chi connectivity index (χ1v) is 7.91. The topological polar surface area (TPSA) is 38.5 Å². The second kappa shape index (κ2) is 6.15. The zero-order valence-electron chi connectivity index (χ0n) is 12.4. The number of nitrogens with zero attached hydrogens (tertiary/aromatic N) is 1. The Hall–Kier alpha value is -1.06. The van der Waals surface area contributed by atoms with Crippen LogP contribution in [0.25, 0.3) is 0 Å². The molecule has 1 aliphatic carbocycles. The molecule has 110 valence electrons. The second-order valence-electron chi connectivity index (χ2n) is 6.28. The van der Waals surface area contributed by atoms with Gasteiger partial charge in [-0.1, -0.05) is 25.0 Å². The Balaban J connectivity index is 1.61. The number of rotatable bonds is 4. The number of ether oxygens (including phenoxy) is 1. The molecule has 3 unspecified atom stereocenters. The van der Waals surface area contributed by atoms with E-state index in [2.05, 4.69) is 17.0 Å². The van der Waals surface area contributed by atoms with Crippen LogP contribution in [0.1, 0.15) is 43.7 Å². The maximum Gasteiger partial charge on any atom is 0.118 e. The van der Waals surface area contributed by atoms with Gasteiger partial charge in [-0.25, -0.2) is 0 Å². The van der Waals surface area contributed by atoms with Gasteiger partial charge in [-0.2, -0.15) is 0 Å². The first kappa shape index (κ1) is 13.9. The van der Waals surface area contributed by atoms with Crippen LogP contribution in [0.5, 0.6) is 5.75 Å². The molecule has 3 heteroatoms. The zero-order chi connectivity index (χ0) is 13.9. The Morgan fingerprint density at radius 2 is 1.95 bits per heavy atom. The van der Waals surface area contributed by atoms with Crippen molar-refractivity contribution >= 4 is 0 Å². The van der Waals surface area contributed by atoms with Crippen LogP contribution in [0.2, 0.25) is 0 Å². The van der Waals surface area contributed by atoms with E-state index >= 15 is 0 Å². The molecule has 0 bridgehead atoms. The Morgan fingerprint density at radius 1 is 1.20 bits per heavy atom. The fourth-order valence-electron chi connectivity index (χ4n) is 3.94. The van der Waals surface area contributed by atoms with Crippen LogP contribution >= 0.6 is 0 Å². The zero-order valence-corrected chi connectivity index (χ0v) is 12.4. The fraction of sp³-hybridized carbons (Fsp3) is 0.647. The molecular formula is C17H26N2O. The molecule has 20 heavy (non-hydrogen) atoms. The summed E-state index contributed by atoms with van der Waals surface area (Å²) in [7, 11) is 1.70. The highest BCUT2D eigenvalue weighted by Gasteiger charge is 2.35. The summed E-state index contributed by atoms with van der Waals surface area (Å²) in [5.74, 6) is 1.83. The molecule has 2 N–H and O–H groups in total. The molecule has 3 nitrogen and oxygen atoms in total. The van der Waals surface area contributed by atoms with Crippen molar-refractivity contribution in [2.24, 2.45) is 11.7 Å². The van der Waals surface area contributed by atoms with Crippen LogP contribution in [0.4, 0.5) is 0 Å². The molecule has 1 saturated heterocycles. The molecule has 1 saturated carbocycles. The van der Waals surface area contributed by atoms with Crippen molar-refractivity contribution < 1.29 is 4.74 Å². The van der Waals surface area contributed by atoms with Gasteiger partial charge in [-0.3, -0.25) is 4.90 Å². The highest BCUT2D eigenvalue weighted by atomic mass is 16.5. The maximum absolute atomic E-state index is 6.41. The lowest BCUT2D eigenvalue weighted by atomic mass is 9.85. The van der Waals surface area contributed by atoms with Gasteiger partial charge in [0.1, 0.15) is 5.75 Å². The lowest BCUT2D eigenvalue weighted by Gasteiger charge is -2.33. The minimum Gasteiger partial charge on any atom is -0.497 e. The third kappa shape index (κ3) is 2.84. The van der Waals surface area contributed by atoms with Crippen LogP contribution in [-0.4, -0.2) is 31.1 Å². The fourth-order valence-corrected chi connectivity index (χ4v) is 3.94. The lowest BCUT2D eigenvalue weighted by molar-refractivity contribution is 0.174. The first-order chi connectivity index (χ1) is 9.78. The minimum atomic E-state index is 0.113. The molecule has 2 aliphatic rings. The van der Waals surface area contributed by atoms with E-state index in [1.807, 2.05) is 12.1 Å². The molecule has 3 atom stereocenters. The largest absolute Gasteiger partial charge is 0.497 e. The third-order valence-corrected chi connectivity index (χ3v) is 5.10. The summed E-state index contributed by atoms with van der Waals surface area (Å²) in [4.78, 5) is 2.64. The first-order valence-electron chi connectivity index (χ1n) is 7.91. The molecule has 1 aliphatic heterocycles. The van der Waals surface area contributed by atoms with Gasteiger partial charge in [-0.05, 0) is 49.4 Å². The third-order valence-electron chi connectivity index (χ3n) is 5.10. The Kier molecular flexibility index (Phi) is 4.27. The number of hydrogen-bond donors (Lipinski definition) is 1. The Bertz CT molecular complexity index is 431. The highest BCUT2D eigenvalue weighted by molar-refractivity contribution is 5.29. The van der Waals surface area contributed by atoms with Gasteiger partial charge in [-0.15, -0.1) is 0 Å². The molecule has 2 fully saturated rings. The summed E-state index contributed by atoms with van der Waals surface area (Å²) in [5.41, 5.74) is 7.62. The number of benzene rings is 1. The minimum absolute atomic E-state index is 0.113. The van der Waals surface area contributed by atoms with Gasteiger partial charge in [0.05, 0.1) is 7.11 Å². The van der Waals surface area contributed by atoms with Gasteiger partial charge >= 0.3 is 0 Å². The maximum atomic E-state index is 6.41. The van der Waals surface area contributed by atoms with Gasteiger partial charge in [0.15, 0.2) is 0 Å². The standard InChI is InChI=1S/C17H26N2O/c1-20-15-8-6-13(7-9-15)16(18)12-19-11-10-14-4-2-3-5-17(14)19/h6-9,14,16-17H,2-5,10-12,18H2,1H3. The number of methoxy groups -OCH3 is 1. The number of fused-ring (bicyclic) bond motifs is 1. The summed E-state index contributed by atoms with van der Waals surface area (Å²) in [5, 5.41) is 0. The van der Waals surface area contributed by atoms with E-state index in [0.29, 0.717) is 0 Å². The molecule has 0 aromatic heterocycles. The number of likely N-dealkylation sites (tertiary alicyclic amines) is 1. The summed E-state index contributed by atoms with van der Waals surface area (Å²) in [6.07, 6.45) is 7.01.